The molecule has 114 valence electrons. The summed E-state index contributed by atoms with van der Waals surface area (Å²) in [6, 6.07) is -0.966. The fourth-order valence-corrected chi connectivity index (χ4v) is 3.74. The number of nitrogens with one attached hydrogen (secondary N) is 1. The molecule has 0 aromatic rings. The lowest BCUT2D eigenvalue weighted by Gasteiger charge is -2.43. The van der Waals surface area contributed by atoms with E-state index >= 15 is 0 Å². The van der Waals surface area contributed by atoms with Gasteiger partial charge in [0, 0.05) is 17.8 Å². The number of urea groups is 1. The van der Waals surface area contributed by atoms with E-state index in [4.69, 9.17) is 0 Å². The van der Waals surface area contributed by atoms with Crippen LogP contribution < -0.4 is 5.32 Å². The summed E-state index contributed by atoms with van der Waals surface area (Å²) >= 11 is 1.78. The predicted octanol–water partition coefficient (Wildman–Crippen LogP) is 2.17. The second-order valence-corrected chi connectivity index (χ2v) is 7.85. The summed E-state index contributed by atoms with van der Waals surface area (Å²) < 4.78 is 0.194. The quantitative estimate of drug-likeness (QED) is 0.835. The number of thioether (sulfide) groups is 1. The van der Waals surface area contributed by atoms with Crippen LogP contribution in [0.4, 0.5) is 4.79 Å². The van der Waals surface area contributed by atoms with E-state index < -0.39 is 12.0 Å². The standard InChI is InChI=1S/C14H24N2O3S/c1-13(2)5-4-8-16(10(13)11(17)18)12(19)15-9-14(20-3)6-7-14/h10H,4-9H2,1-3H3,(H,15,19)(H,17,18). The van der Waals surface area contributed by atoms with Gasteiger partial charge in [0.2, 0.25) is 0 Å². The molecule has 0 bridgehead atoms. The molecule has 2 aliphatic rings. The molecule has 0 radical (unpaired) electrons. The first-order valence-electron chi connectivity index (χ1n) is 7.14. The third-order valence-corrected chi connectivity index (χ3v) is 5.99. The van der Waals surface area contributed by atoms with Crippen molar-refractivity contribution in [2.75, 3.05) is 19.3 Å². The van der Waals surface area contributed by atoms with Crippen molar-refractivity contribution < 1.29 is 14.7 Å². The van der Waals surface area contributed by atoms with Gasteiger partial charge in [0.1, 0.15) is 6.04 Å². The van der Waals surface area contributed by atoms with E-state index in [0.29, 0.717) is 13.1 Å². The molecule has 0 spiro atoms. The fourth-order valence-electron chi connectivity index (χ4n) is 3.01. The van der Waals surface area contributed by atoms with Crippen LogP contribution in [0, 0.1) is 5.41 Å². The molecule has 2 N–H and O–H groups in total. The molecule has 1 atom stereocenters. The number of nitrogens with zero attached hydrogens (tertiary/aromatic N) is 1. The topological polar surface area (TPSA) is 69.6 Å². The molecule has 5 nitrogen and oxygen atoms in total. The normalized spacial score (nSPS) is 26.9. The van der Waals surface area contributed by atoms with Crippen LogP contribution in [0.25, 0.3) is 0 Å². The van der Waals surface area contributed by atoms with Gasteiger partial charge in [-0.05, 0) is 37.4 Å². The van der Waals surface area contributed by atoms with Crippen LogP contribution in [-0.4, -0.2) is 52.1 Å². The highest BCUT2D eigenvalue weighted by atomic mass is 32.2. The molecule has 0 aromatic heterocycles. The molecule has 1 saturated carbocycles. The molecule has 1 aliphatic carbocycles. The summed E-state index contributed by atoms with van der Waals surface area (Å²) in [6.07, 6.45) is 6.01. The first-order chi connectivity index (χ1) is 9.31. The number of amides is 2. The van der Waals surface area contributed by atoms with E-state index in [1.165, 1.54) is 4.90 Å². The molecule has 0 aromatic carbocycles. The Kier molecular flexibility index (Phi) is 4.23. The maximum atomic E-state index is 12.3. The Bertz CT molecular complexity index is 407. The highest BCUT2D eigenvalue weighted by Crippen LogP contribution is 2.46. The van der Waals surface area contributed by atoms with Gasteiger partial charge in [0.25, 0.3) is 0 Å². The van der Waals surface area contributed by atoms with Crippen LogP contribution in [0.2, 0.25) is 0 Å². The molecule has 1 unspecified atom stereocenters. The number of hydrogen-bond donors (Lipinski definition) is 2. The Balaban J connectivity index is 2.01. The number of carboxylic acids is 1. The van der Waals surface area contributed by atoms with E-state index in [2.05, 4.69) is 11.6 Å². The third kappa shape index (κ3) is 3.05. The van der Waals surface area contributed by atoms with Crippen molar-refractivity contribution in [1.29, 1.82) is 0 Å². The number of rotatable bonds is 4. The summed E-state index contributed by atoms with van der Waals surface area (Å²) in [5.41, 5.74) is -0.377. The Morgan fingerprint density at radius 3 is 2.50 bits per heavy atom. The van der Waals surface area contributed by atoms with Gasteiger partial charge in [0.05, 0.1) is 0 Å². The molecule has 2 amide bonds. The Hall–Kier alpha value is -0.910. The molecular weight excluding hydrogens is 276 g/mol. The van der Waals surface area contributed by atoms with Gasteiger partial charge in [-0.15, -0.1) is 0 Å². The lowest BCUT2D eigenvalue weighted by atomic mass is 9.76. The summed E-state index contributed by atoms with van der Waals surface area (Å²) in [4.78, 5) is 25.4. The van der Waals surface area contributed by atoms with Crippen LogP contribution >= 0.6 is 11.8 Å². The molecule has 1 heterocycles. The lowest BCUT2D eigenvalue weighted by Crippen LogP contribution is -2.59. The number of likely N-dealkylation sites (tertiary alicyclic amines) is 1. The van der Waals surface area contributed by atoms with Crippen molar-refractivity contribution in [3.05, 3.63) is 0 Å². The minimum atomic E-state index is -0.907. The van der Waals surface area contributed by atoms with E-state index in [-0.39, 0.29) is 16.2 Å². The average Bonchev–Trinajstić information content (AvgIpc) is 3.14. The molecule has 2 fully saturated rings. The molecule has 1 saturated heterocycles. The summed E-state index contributed by atoms with van der Waals surface area (Å²) in [6.45, 7) is 5.01. The number of carboxylic acid groups (broad SMARTS) is 1. The Morgan fingerprint density at radius 2 is 2.00 bits per heavy atom. The molecular formula is C14H24N2O3S. The van der Waals surface area contributed by atoms with Crippen LogP contribution in [0.5, 0.6) is 0 Å². The highest BCUT2D eigenvalue weighted by molar-refractivity contribution is 8.00. The zero-order valence-corrected chi connectivity index (χ0v) is 13.3. The summed E-state index contributed by atoms with van der Waals surface area (Å²) in [5, 5.41) is 12.4. The van der Waals surface area contributed by atoms with Crippen LogP contribution in [0.3, 0.4) is 0 Å². The largest absolute Gasteiger partial charge is 0.480 e. The van der Waals surface area contributed by atoms with Gasteiger partial charge < -0.3 is 15.3 Å². The molecule has 20 heavy (non-hydrogen) atoms. The highest BCUT2D eigenvalue weighted by Gasteiger charge is 2.46. The van der Waals surface area contributed by atoms with Crippen molar-refractivity contribution in [3.8, 4) is 0 Å². The summed E-state index contributed by atoms with van der Waals surface area (Å²) in [7, 11) is 0. The van der Waals surface area contributed by atoms with Crippen molar-refractivity contribution in [2.24, 2.45) is 5.41 Å². The van der Waals surface area contributed by atoms with Gasteiger partial charge in [-0.25, -0.2) is 9.59 Å². The van der Waals surface area contributed by atoms with E-state index in [9.17, 15) is 14.7 Å². The smallest absolute Gasteiger partial charge is 0.327 e. The second-order valence-electron chi connectivity index (χ2n) is 6.57. The molecule has 2 rings (SSSR count). The van der Waals surface area contributed by atoms with E-state index in [0.717, 1.165) is 25.7 Å². The fraction of sp³-hybridized carbons (Fsp3) is 0.857. The van der Waals surface area contributed by atoms with Crippen molar-refractivity contribution in [3.63, 3.8) is 0 Å². The number of piperidine rings is 1. The van der Waals surface area contributed by atoms with Crippen molar-refractivity contribution in [2.45, 2.75) is 50.3 Å². The number of hydrogen-bond acceptors (Lipinski definition) is 3. The van der Waals surface area contributed by atoms with Crippen molar-refractivity contribution in [1.82, 2.24) is 10.2 Å². The van der Waals surface area contributed by atoms with Gasteiger partial charge in [-0.3, -0.25) is 0 Å². The Labute approximate surface area is 124 Å². The zero-order valence-electron chi connectivity index (χ0n) is 12.4. The Morgan fingerprint density at radius 1 is 1.35 bits per heavy atom. The second kappa shape index (κ2) is 5.47. The SMILES string of the molecule is CSC1(CNC(=O)N2CCCC(C)(C)C2C(=O)O)CC1. The predicted molar refractivity (Wildman–Crippen MR) is 80.0 cm³/mol. The van der Waals surface area contributed by atoms with Crippen molar-refractivity contribution >= 4 is 23.8 Å². The molecule has 6 heteroatoms. The van der Waals surface area contributed by atoms with E-state index in [1.54, 1.807) is 11.8 Å². The minimum Gasteiger partial charge on any atom is -0.480 e. The first kappa shape index (κ1) is 15.5. The minimum absolute atomic E-state index is 0.194. The zero-order chi connectivity index (χ0) is 15.0. The maximum absolute atomic E-state index is 12.3. The van der Waals surface area contributed by atoms with Gasteiger partial charge >= 0.3 is 12.0 Å². The number of carbonyl (C=O) groups is 2. The number of aliphatic carboxylic acids is 1. The lowest BCUT2D eigenvalue weighted by molar-refractivity contribution is -0.148. The van der Waals surface area contributed by atoms with Gasteiger partial charge in [-0.1, -0.05) is 13.8 Å². The molecule has 1 aliphatic heterocycles. The first-order valence-corrected chi connectivity index (χ1v) is 8.36. The van der Waals surface area contributed by atoms with Gasteiger partial charge in [-0.2, -0.15) is 11.8 Å². The van der Waals surface area contributed by atoms with Crippen LogP contribution in [0.15, 0.2) is 0 Å². The number of carbonyl (C=O) groups excluding carboxylic acids is 1. The summed E-state index contributed by atoms with van der Waals surface area (Å²) in [5.74, 6) is -0.907. The monoisotopic (exact) mass is 300 g/mol. The maximum Gasteiger partial charge on any atom is 0.327 e. The van der Waals surface area contributed by atoms with Gasteiger partial charge in [0.15, 0.2) is 0 Å². The van der Waals surface area contributed by atoms with Crippen LogP contribution in [0.1, 0.15) is 39.5 Å². The van der Waals surface area contributed by atoms with Crippen LogP contribution in [-0.2, 0) is 4.79 Å². The third-order valence-electron chi connectivity index (χ3n) is 4.57. The van der Waals surface area contributed by atoms with E-state index in [1.807, 2.05) is 13.8 Å². The average molecular weight is 300 g/mol.